The summed E-state index contributed by atoms with van der Waals surface area (Å²) in [6, 6.07) is 11.2. The molecule has 0 bridgehead atoms. The minimum Gasteiger partial charge on any atom is -0.353 e. The zero-order valence-electron chi connectivity index (χ0n) is 9.05. The minimum atomic E-state index is -0.369. The lowest BCUT2D eigenvalue weighted by molar-refractivity contribution is 0.628. The first kappa shape index (κ1) is 12.9. The van der Waals surface area contributed by atoms with Gasteiger partial charge in [0.1, 0.15) is 5.82 Å². The average molecular weight is 326 g/mol. The molecule has 2 aromatic carbocycles. The van der Waals surface area contributed by atoms with E-state index in [9.17, 15) is 4.39 Å². The molecule has 0 aliphatic heterocycles. The number of benzene rings is 2. The fourth-order valence-corrected chi connectivity index (χ4v) is 2.07. The van der Waals surface area contributed by atoms with Gasteiger partial charge < -0.3 is 5.32 Å². The van der Waals surface area contributed by atoms with Gasteiger partial charge in [0.25, 0.3) is 0 Å². The van der Waals surface area contributed by atoms with E-state index in [2.05, 4.69) is 21.2 Å². The molecule has 0 radical (unpaired) electrons. The van der Waals surface area contributed by atoms with Crippen LogP contribution in [0.4, 0.5) is 15.8 Å². The van der Waals surface area contributed by atoms with Crippen LogP contribution in [0.3, 0.4) is 0 Å². The van der Waals surface area contributed by atoms with Gasteiger partial charge in [-0.2, -0.15) is 5.26 Å². The molecule has 0 aliphatic rings. The number of halogens is 3. The Hall–Kier alpha value is -1.57. The largest absolute Gasteiger partial charge is 0.353 e. The Kier molecular flexibility index (Phi) is 3.85. The van der Waals surface area contributed by atoms with Gasteiger partial charge in [0.15, 0.2) is 0 Å². The van der Waals surface area contributed by atoms with Crippen LogP contribution in [0.15, 0.2) is 40.9 Å². The summed E-state index contributed by atoms with van der Waals surface area (Å²) in [4.78, 5) is 0. The predicted molar refractivity (Wildman–Crippen MR) is 73.5 cm³/mol. The highest BCUT2D eigenvalue weighted by molar-refractivity contribution is 9.10. The van der Waals surface area contributed by atoms with E-state index in [1.165, 1.54) is 18.2 Å². The van der Waals surface area contributed by atoms with Gasteiger partial charge in [-0.15, -0.1) is 0 Å². The molecule has 0 amide bonds. The molecule has 2 aromatic rings. The lowest BCUT2D eigenvalue weighted by Gasteiger charge is -2.10. The second-order valence-electron chi connectivity index (χ2n) is 3.56. The van der Waals surface area contributed by atoms with E-state index in [1.54, 1.807) is 18.2 Å². The molecule has 90 valence electrons. The van der Waals surface area contributed by atoms with E-state index in [0.29, 0.717) is 26.4 Å². The first-order valence-corrected chi connectivity index (χ1v) is 6.19. The standard InChI is InChI=1S/C13H7BrClFN2/c14-10-5-8(7-17)1-4-12(10)18-13-6-9(16)2-3-11(13)15/h1-6,18H. The molecule has 0 saturated carbocycles. The van der Waals surface area contributed by atoms with E-state index >= 15 is 0 Å². The number of rotatable bonds is 2. The quantitative estimate of drug-likeness (QED) is 0.856. The number of hydrogen-bond acceptors (Lipinski definition) is 2. The minimum absolute atomic E-state index is 0.369. The fraction of sp³-hybridized carbons (Fsp3) is 0. The van der Waals surface area contributed by atoms with Crippen molar-refractivity contribution in [3.63, 3.8) is 0 Å². The van der Waals surface area contributed by atoms with Gasteiger partial charge in [-0.25, -0.2) is 4.39 Å². The third-order valence-corrected chi connectivity index (χ3v) is 3.28. The first-order chi connectivity index (χ1) is 8.60. The van der Waals surface area contributed by atoms with Crippen LogP contribution in [-0.4, -0.2) is 0 Å². The van der Waals surface area contributed by atoms with Crippen molar-refractivity contribution in [3.8, 4) is 6.07 Å². The predicted octanol–water partition coefficient (Wildman–Crippen LogP) is 4.86. The monoisotopic (exact) mass is 324 g/mol. The second-order valence-corrected chi connectivity index (χ2v) is 4.82. The zero-order valence-corrected chi connectivity index (χ0v) is 11.4. The third kappa shape index (κ3) is 2.81. The summed E-state index contributed by atoms with van der Waals surface area (Å²) in [6.07, 6.45) is 0. The van der Waals surface area contributed by atoms with Crippen LogP contribution in [0.1, 0.15) is 5.56 Å². The van der Waals surface area contributed by atoms with Crippen molar-refractivity contribution < 1.29 is 4.39 Å². The maximum atomic E-state index is 13.1. The van der Waals surface area contributed by atoms with Gasteiger partial charge in [0.05, 0.1) is 28.0 Å². The fourth-order valence-electron chi connectivity index (χ4n) is 1.42. The molecule has 1 N–H and O–H groups in total. The van der Waals surface area contributed by atoms with Gasteiger partial charge in [0.2, 0.25) is 0 Å². The van der Waals surface area contributed by atoms with Crippen molar-refractivity contribution in [1.82, 2.24) is 0 Å². The maximum absolute atomic E-state index is 13.1. The lowest BCUT2D eigenvalue weighted by Crippen LogP contribution is -1.93. The molecule has 0 fully saturated rings. The van der Waals surface area contributed by atoms with Gasteiger partial charge in [0, 0.05) is 4.47 Å². The van der Waals surface area contributed by atoms with Crippen molar-refractivity contribution in [2.75, 3.05) is 5.32 Å². The number of anilines is 2. The summed E-state index contributed by atoms with van der Waals surface area (Å²) in [6.45, 7) is 0. The first-order valence-electron chi connectivity index (χ1n) is 5.02. The SMILES string of the molecule is N#Cc1ccc(Nc2cc(F)ccc2Cl)c(Br)c1. The highest BCUT2D eigenvalue weighted by Gasteiger charge is 2.06. The molecule has 0 heterocycles. The van der Waals surface area contributed by atoms with E-state index in [-0.39, 0.29) is 5.82 Å². The molecule has 0 aromatic heterocycles. The molecule has 0 aliphatic carbocycles. The Balaban J connectivity index is 2.34. The van der Waals surface area contributed by atoms with Gasteiger partial charge in [-0.05, 0) is 52.3 Å². The third-order valence-electron chi connectivity index (χ3n) is 2.30. The van der Waals surface area contributed by atoms with Crippen molar-refractivity contribution in [1.29, 1.82) is 5.26 Å². The van der Waals surface area contributed by atoms with Crippen LogP contribution in [-0.2, 0) is 0 Å². The lowest BCUT2D eigenvalue weighted by atomic mass is 10.2. The summed E-state index contributed by atoms with van der Waals surface area (Å²) in [7, 11) is 0. The van der Waals surface area contributed by atoms with Crippen LogP contribution in [0.25, 0.3) is 0 Å². The second kappa shape index (κ2) is 5.38. The highest BCUT2D eigenvalue weighted by Crippen LogP contribution is 2.30. The van der Waals surface area contributed by atoms with E-state index < -0.39 is 0 Å². The Morgan fingerprint density at radius 2 is 1.94 bits per heavy atom. The summed E-state index contributed by atoms with van der Waals surface area (Å²) < 4.78 is 13.8. The average Bonchev–Trinajstić information content (AvgIpc) is 2.36. The molecule has 5 heteroatoms. The van der Waals surface area contributed by atoms with Gasteiger partial charge in [-0.3, -0.25) is 0 Å². The summed E-state index contributed by atoms with van der Waals surface area (Å²) in [5.74, 6) is -0.369. The van der Waals surface area contributed by atoms with E-state index in [0.717, 1.165) is 0 Å². The van der Waals surface area contributed by atoms with Crippen LogP contribution in [0.2, 0.25) is 5.02 Å². The number of nitrogens with one attached hydrogen (secondary N) is 1. The normalized spacial score (nSPS) is 9.89. The van der Waals surface area contributed by atoms with Gasteiger partial charge >= 0.3 is 0 Å². The van der Waals surface area contributed by atoms with Crippen LogP contribution in [0, 0.1) is 17.1 Å². The van der Waals surface area contributed by atoms with Crippen molar-refractivity contribution in [2.24, 2.45) is 0 Å². The smallest absolute Gasteiger partial charge is 0.125 e. The Bertz CT molecular complexity index is 637. The molecule has 18 heavy (non-hydrogen) atoms. The van der Waals surface area contributed by atoms with Crippen molar-refractivity contribution in [3.05, 3.63) is 57.3 Å². The highest BCUT2D eigenvalue weighted by atomic mass is 79.9. The Labute approximate surface area is 117 Å². The van der Waals surface area contributed by atoms with Crippen LogP contribution < -0.4 is 5.32 Å². The topological polar surface area (TPSA) is 35.8 Å². The molecule has 2 nitrogen and oxygen atoms in total. The maximum Gasteiger partial charge on any atom is 0.125 e. The molecular weight excluding hydrogens is 319 g/mol. The molecule has 0 spiro atoms. The summed E-state index contributed by atoms with van der Waals surface area (Å²) in [5.41, 5.74) is 1.72. The molecule has 0 saturated heterocycles. The van der Waals surface area contributed by atoms with Crippen molar-refractivity contribution >= 4 is 38.9 Å². The summed E-state index contributed by atoms with van der Waals surface area (Å²) >= 11 is 9.30. The number of nitriles is 1. The van der Waals surface area contributed by atoms with Crippen LogP contribution >= 0.6 is 27.5 Å². The molecule has 2 rings (SSSR count). The molecular formula is C13H7BrClFN2. The van der Waals surface area contributed by atoms with Crippen molar-refractivity contribution in [2.45, 2.75) is 0 Å². The zero-order chi connectivity index (χ0) is 13.1. The van der Waals surface area contributed by atoms with E-state index in [1.807, 2.05) is 6.07 Å². The van der Waals surface area contributed by atoms with E-state index in [4.69, 9.17) is 16.9 Å². The Morgan fingerprint density at radius 1 is 1.17 bits per heavy atom. The summed E-state index contributed by atoms with van der Waals surface area (Å²) in [5, 5.41) is 12.2. The van der Waals surface area contributed by atoms with Gasteiger partial charge in [-0.1, -0.05) is 11.6 Å². The number of hydrogen-bond donors (Lipinski definition) is 1. The molecule has 0 atom stereocenters. The molecule has 0 unspecified atom stereocenters. The number of nitrogens with zero attached hydrogens (tertiary/aromatic N) is 1. The van der Waals surface area contributed by atoms with Crippen LogP contribution in [0.5, 0.6) is 0 Å². The Morgan fingerprint density at radius 3 is 2.61 bits per heavy atom.